The van der Waals surface area contributed by atoms with Crippen LogP contribution in [0.25, 0.3) is 0 Å². The van der Waals surface area contributed by atoms with Crippen LogP contribution in [0.15, 0.2) is 17.6 Å². The Morgan fingerprint density at radius 1 is 1.60 bits per heavy atom. The van der Waals surface area contributed by atoms with Gasteiger partial charge in [0, 0.05) is 30.3 Å². The summed E-state index contributed by atoms with van der Waals surface area (Å²) in [6.45, 7) is 1.09. The van der Waals surface area contributed by atoms with Gasteiger partial charge in [-0.25, -0.2) is 13.4 Å². The molecule has 0 radical (unpaired) electrons. The molecule has 0 aliphatic carbocycles. The highest BCUT2D eigenvalue weighted by molar-refractivity contribution is 9.09. The minimum Gasteiger partial charge on any atom is -0.334 e. The van der Waals surface area contributed by atoms with E-state index in [1.54, 1.807) is 0 Å². The zero-order chi connectivity index (χ0) is 10.9. The first kappa shape index (κ1) is 11.1. The van der Waals surface area contributed by atoms with Crippen LogP contribution in [0.3, 0.4) is 0 Å². The number of halogens is 1. The third-order valence-electron chi connectivity index (χ3n) is 2.38. The quantitative estimate of drug-likeness (QED) is 0.826. The number of aromatic amines is 1. The Bertz CT molecular complexity index is 417. The van der Waals surface area contributed by atoms with Crippen LogP contribution in [0, 0.1) is 0 Å². The molecule has 2 rings (SSSR count). The Hall–Kier alpha value is -0.400. The van der Waals surface area contributed by atoms with Crippen molar-refractivity contribution in [2.75, 3.05) is 13.1 Å². The van der Waals surface area contributed by atoms with Crippen LogP contribution in [0.2, 0.25) is 0 Å². The van der Waals surface area contributed by atoms with Crippen molar-refractivity contribution >= 4 is 26.0 Å². The van der Waals surface area contributed by atoms with E-state index in [4.69, 9.17) is 0 Å². The van der Waals surface area contributed by atoms with Crippen LogP contribution in [-0.4, -0.2) is 40.6 Å². The Balaban J connectivity index is 2.22. The van der Waals surface area contributed by atoms with Gasteiger partial charge in [-0.2, -0.15) is 4.31 Å². The van der Waals surface area contributed by atoms with Gasteiger partial charge in [0.2, 0.25) is 5.16 Å². The predicted molar refractivity (Wildman–Crippen MR) is 59.3 cm³/mol. The first-order valence-electron chi connectivity index (χ1n) is 4.74. The standard InChI is InChI=1S/C8H12BrN3O2S/c9-7-2-1-5-12(6-7)15(13,14)8-10-3-4-11-8/h3-4,7H,1-2,5-6H2,(H,10,11). The van der Waals surface area contributed by atoms with E-state index in [-0.39, 0.29) is 9.98 Å². The molecule has 84 valence electrons. The number of imidazole rings is 1. The van der Waals surface area contributed by atoms with Gasteiger partial charge in [-0.1, -0.05) is 15.9 Å². The lowest BCUT2D eigenvalue weighted by Gasteiger charge is -2.28. The SMILES string of the molecule is O=S(=O)(c1ncc[nH]1)N1CCCC(Br)C1. The number of nitrogens with zero attached hydrogens (tertiary/aromatic N) is 2. The summed E-state index contributed by atoms with van der Waals surface area (Å²) in [6.07, 6.45) is 4.87. The molecular formula is C8H12BrN3O2S. The molecule has 7 heteroatoms. The van der Waals surface area contributed by atoms with E-state index in [0.717, 1.165) is 12.8 Å². The Morgan fingerprint density at radius 2 is 2.40 bits per heavy atom. The Morgan fingerprint density at radius 3 is 3.00 bits per heavy atom. The number of hydrogen-bond acceptors (Lipinski definition) is 3. The third kappa shape index (κ3) is 2.24. The number of aromatic nitrogens is 2. The van der Waals surface area contributed by atoms with Crippen LogP contribution in [-0.2, 0) is 10.0 Å². The number of alkyl halides is 1. The molecule has 0 saturated carbocycles. The van der Waals surface area contributed by atoms with Crippen LogP contribution in [0.1, 0.15) is 12.8 Å². The molecule has 0 bridgehead atoms. The van der Waals surface area contributed by atoms with E-state index in [1.165, 1.54) is 16.7 Å². The molecule has 1 aromatic heterocycles. The molecule has 1 aromatic rings. The second-order valence-electron chi connectivity index (χ2n) is 3.50. The van der Waals surface area contributed by atoms with Crippen molar-refractivity contribution in [1.82, 2.24) is 14.3 Å². The number of hydrogen-bond donors (Lipinski definition) is 1. The zero-order valence-corrected chi connectivity index (χ0v) is 10.5. The maximum atomic E-state index is 12.0. The maximum absolute atomic E-state index is 12.0. The summed E-state index contributed by atoms with van der Waals surface area (Å²) in [4.78, 5) is 6.67. The fourth-order valence-electron chi connectivity index (χ4n) is 1.63. The normalized spacial score (nSPS) is 24.2. The second-order valence-corrected chi connectivity index (χ2v) is 6.65. The lowest BCUT2D eigenvalue weighted by molar-refractivity contribution is 0.353. The predicted octanol–water partition coefficient (Wildman–Crippen LogP) is 0.958. The number of sulfonamides is 1. The van der Waals surface area contributed by atoms with E-state index in [2.05, 4.69) is 25.9 Å². The van der Waals surface area contributed by atoms with Gasteiger partial charge < -0.3 is 4.98 Å². The molecule has 1 fully saturated rings. The highest BCUT2D eigenvalue weighted by atomic mass is 79.9. The number of H-pyrrole nitrogens is 1. The van der Waals surface area contributed by atoms with Gasteiger partial charge >= 0.3 is 0 Å². The fraction of sp³-hybridized carbons (Fsp3) is 0.625. The molecule has 0 aromatic carbocycles. The second kappa shape index (κ2) is 4.23. The lowest BCUT2D eigenvalue weighted by Crippen LogP contribution is -2.40. The van der Waals surface area contributed by atoms with Crippen molar-refractivity contribution < 1.29 is 8.42 Å². The summed E-state index contributed by atoms with van der Waals surface area (Å²) in [5, 5.41) is 0.0316. The average Bonchev–Trinajstić information content (AvgIpc) is 2.71. The fourth-order valence-corrected chi connectivity index (χ4v) is 3.89. The minimum absolute atomic E-state index is 0.0316. The monoisotopic (exact) mass is 293 g/mol. The first-order chi connectivity index (χ1) is 7.10. The molecule has 15 heavy (non-hydrogen) atoms. The van der Waals surface area contributed by atoms with Gasteiger partial charge in [-0.05, 0) is 12.8 Å². The molecule has 1 saturated heterocycles. The smallest absolute Gasteiger partial charge is 0.276 e. The first-order valence-corrected chi connectivity index (χ1v) is 7.10. The number of rotatable bonds is 2. The van der Waals surface area contributed by atoms with E-state index in [1.807, 2.05) is 0 Å². The van der Waals surface area contributed by atoms with Gasteiger partial charge in [-0.3, -0.25) is 0 Å². The molecule has 1 aliphatic heterocycles. The lowest BCUT2D eigenvalue weighted by atomic mass is 10.2. The van der Waals surface area contributed by atoms with Gasteiger partial charge in [0.25, 0.3) is 10.0 Å². The van der Waals surface area contributed by atoms with Crippen molar-refractivity contribution in [1.29, 1.82) is 0 Å². The molecule has 1 unspecified atom stereocenters. The van der Waals surface area contributed by atoms with Crippen LogP contribution < -0.4 is 0 Å². The zero-order valence-electron chi connectivity index (χ0n) is 8.06. The van der Waals surface area contributed by atoms with Crippen molar-refractivity contribution in [3.63, 3.8) is 0 Å². The molecule has 2 heterocycles. The van der Waals surface area contributed by atoms with E-state index < -0.39 is 10.0 Å². The molecule has 1 N–H and O–H groups in total. The minimum atomic E-state index is -3.41. The van der Waals surface area contributed by atoms with Gasteiger partial charge in [0.05, 0.1) is 0 Å². The summed E-state index contributed by atoms with van der Waals surface area (Å²) in [6, 6.07) is 0. The molecule has 0 spiro atoms. The topological polar surface area (TPSA) is 66.1 Å². The van der Waals surface area contributed by atoms with Gasteiger partial charge in [0.15, 0.2) is 0 Å². The largest absolute Gasteiger partial charge is 0.334 e. The van der Waals surface area contributed by atoms with Gasteiger partial charge in [0.1, 0.15) is 0 Å². The van der Waals surface area contributed by atoms with Crippen molar-refractivity contribution in [2.24, 2.45) is 0 Å². The number of piperidine rings is 1. The van der Waals surface area contributed by atoms with Crippen molar-refractivity contribution in [2.45, 2.75) is 22.8 Å². The van der Waals surface area contributed by atoms with Crippen molar-refractivity contribution in [3.8, 4) is 0 Å². The Labute approximate surface area is 97.1 Å². The summed E-state index contributed by atoms with van der Waals surface area (Å²) in [5.41, 5.74) is 0. The summed E-state index contributed by atoms with van der Waals surface area (Å²) in [7, 11) is -3.41. The number of nitrogens with one attached hydrogen (secondary N) is 1. The van der Waals surface area contributed by atoms with E-state index >= 15 is 0 Å². The third-order valence-corrected chi connectivity index (χ3v) is 4.85. The Kier molecular flexibility index (Phi) is 3.13. The van der Waals surface area contributed by atoms with Gasteiger partial charge in [-0.15, -0.1) is 0 Å². The maximum Gasteiger partial charge on any atom is 0.276 e. The summed E-state index contributed by atoms with van der Waals surface area (Å²) >= 11 is 3.45. The highest BCUT2D eigenvalue weighted by Gasteiger charge is 2.30. The van der Waals surface area contributed by atoms with Crippen LogP contribution >= 0.6 is 15.9 Å². The van der Waals surface area contributed by atoms with E-state index in [0.29, 0.717) is 13.1 Å². The molecule has 0 amide bonds. The van der Waals surface area contributed by atoms with E-state index in [9.17, 15) is 8.42 Å². The molecule has 1 atom stereocenters. The molecule has 5 nitrogen and oxygen atoms in total. The summed E-state index contributed by atoms with van der Waals surface area (Å²) < 4.78 is 25.5. The van der Waals surface area contributed by atoms with Crippen LogP contribution in [0.5, 0.6) is 0 Å². The molecule has 1 aliphatic rings. The summed E-state index contributed by atoms with van der Waals surface area (Å²) in [5.74, 6) is 0. The average molecular weight is 294 g/mol. The highest BCUT2D eigenvalue weighted by Crippen LogP contribution is 2.21. The van der Waals surface area contributed by atoms with Crippen molar-refractivity contribution in [3.05, 3.63) is 12.4 Å². The van der Waals surface area contributed by atoms with Crippen LogP contribution in [0.4, 0.5) is 0 Å². The molecular weight excluding hydrogens is 282 g/mol.